The van der Waals surface area contributed by atoms with Crippen molar-refractivity contribution in [3.05, 3.63) is 71.8 Å². The van der Waals surface area contributed by atoms with Crippen LogP contribution in [0, 0.1) is 0 Å². The number of hydrogen-bond donors (Lipinski definition) is 3. The third-order valence-corrected chi connectivity index (χ3v) is 6.20. The van der Waals surface area contributed by atoms with E-state index < -0.39 is 35.6 Å². The number of rotatable bonds is 7. The van der Waals surface area contributed by atoms with Gasteiger partial charge in [-0.05, 0) is 44.7 Å². The minimum atomic E-state index is -1.11. The lowest BCUT2D eigenvalue weighted by atomic mass is 10.0. The number of nitrogens with zero attached hydrogens (tertiary/aromatic N) is 2. The first-order valence-corrected chi connectivity index (χ1v) is 12.5. The maximum Gasteiger partial charge on any atom is 0.408 e. The quantitative estimate of drug-likeness (QED) is 0.479. The van der Waals surface area contributed by atoms with Crippen molar-refractivity contribution in [2.45, 2.75) is 63.9 Å². The summed E-state index contributed by atoms with van der Waals surface area (Å²) in [5.74, 6) is -1.19. The lowest BCUT2D eigenvalue weighted by Crippen LogP contribution is -2.55. The molecule has 3 N–H and O–H groups in total. The van der Waals surface area contributed by atoms with E-state index >= 15 is 0 Å². The lowest BCUT2D eigenvalue weighted by molar-refractivity contribution is -0.140. The molecule has 2 aliphatic rings. The molecule has 2 aromatic rings. The molecule has 202 valence electrons. The molecule has 1 unspecified atom stereocenters. The SMILES string of the molecule is CC(C)(C)OC(=O)NC(C(=O)NNC(=O)[C@@H]1CC[C@@H]2CN1C(=O)N2OCc1ccccc1)c1ccccc1. The van der Waals surface area contributed by atoms with Crippen LogP contribution in [0.5, 0.6) is 0 Å². The van der Waals surface area contributed by atoms with E-state index in [0.29, 0.717) is 24.9 Å². The van der Waals surface area contributed by atoms with E-state index in [0.717, 1.165) is 5.56 Å². The number of alkyl carbamates (subject to hydrolysis) is 1. The van der Waals surface area contributed by atoms with Crippen LogP contribution in [0.4, 0.5) is 9.59 Å². The summed E-state index contributed by atoms with van der Waals surface area (Å²) in [5, 5.41) is 3.89. The van der Waals surface area contributed by atoms with Crippen LogP contribution >= 0.6 is 0 Å². The Bertz CT molecular complexity index is 1150. The second kappa shape index (κ2) is 11.5. The second-order valence-electron chi connectivity index (χ2n) is 10.2. The summed E-state index contributed by atoms with van der Waals surface area (Å²) in [7, 11) is 0. The van der Waals surface area contributed by atoms with Crippen molar-refractivity contribution in [3.8, 4) is 0 Å². The molecule has 0 spiro atoms. The first-order valence-electron chi connectivity index (χ1n) is 12.5. The van der Waals surface area contributed by atoms with Gasteiger partial charge in [-0.15, -0.1) is 0 Å². The van der Waals surface area contributed by atoms with Crippen molar-refractivity contribution in [3.63, 3.8) is 0 Å². The van der Waals surface area contributed by atoms with Gasteiger partial charge in [-0.3, -0.25) is 25.3 Å². The van der Waals surface area contributed by atoms with Crippen LogP contribution in [-0.2, 0) is 25.8 Å². The maximum atomic E-state index is 13.0. The monoisotopic (exact) mass is 523 g/mol. The normalized spacial score (nSPS) is 19.5. The molecule has 0 aliphatic carbocycles. The van der Waals surface area contributed by atoms with Crippen LogP contribution in [0.1, 0.15) is 50.8 Å². The molecule has 0 saturated carbocycles. The molecule has 38 heavy (non-hydrogen) atoms. The smallest absolute Gasteiger partial charge is 0.408 e. The van der Waals surface area contributed by atoms with Crippen LogP contribution in [0.3, 0.4) is 0 Å². The van der Waals surface area contributed by atoms with Gasteiger partial charge in [0.2, 0.25) is 0 Å². The number of ether oxygens (including phenoxy) is 1. The van der Waals surface area contributed by atoms with Gasteiger partial charge in [-0.25, -0.2) is 9.59 Å². The zero-order valence-electron chi connectivity index (χ0n) is 21.7. The Balaban J connectivity index is 1.35. The van der Waals surface area contributed by atoms with Crippen LogP contribution in [0.2, 0.25) is 0 Å². The molecule has 0 radical (unpaired) electrons. The average molecular weight is 524 g/mol. The van der Waals surface area contributed by atoms with E-state index in [1.807, 2.05) is 30.3 Å². The molecule has 2 heterocycles. The number of urea groups is 1. The van der Waals surface area contributed by atoms with E-state index in [4.69, 9.17) is 9.57 Å². The average Bonchev–Trinajstić information content (AvgIpc) is 3.13. The van der Waals surface area contributed by atoms with Crippen molar-refractivity contribution >= 4 is 23.9 Å². The van der Waals surface area contributed by atoms with Crippen LogP contribution in [-0.4, -0.2) is 58.1 Å². The maximum absolute atomic E-state index is 13.0. The number of piperidine rings is 1. The summed E-state index contributed by atoms with van der Waals surface area (Å²) in [5.41, 5.74) is 5.49. The zero-order chi connectivity index (χ0) is 27.3. The topological polar surface area (TPSA) is 129 Å². The van der Waals surface area contributed by atoms with Crippen molar-refractivity contribution in [2.75, 3.05) is 6.54 Å². The van der Waals surface area contributed by atoms with E-state index in [-0.39, 0.29) is 18.7 Å². The van der Waals surface area contributed by atoms with Crippen molar-refractivity contribution in [1.29, 1.82) is 0 Å². The number of hydrogen-bond acceptors (Lipinski definition) is 6. The summed E-state index contributed by atoms with van der Waals surface area (Å²) in [6.07, 6.45) is 0.224. The van der Waals surface area contributed by atoms with Crippen LogP contribution in [0.25, 0.3) is 0 Å². The number of amides is 5. The fraction of sp³-hybridized carbons (Fsp3) is 0.407. The van der Waals surface area contributed by atoms with Crippen molar-refractivity contribution in [2.24, 2.45) is 0 Å². The highest BCUT2D eigenvalue weighted by molar-refractivity contribution is 5.92. The molecule has 2 saturated heterocycles. The molecule has 11 heteroatoms. The summed E-state index contributed by atoms with van der Waals surface area (Å²) >= 11 is 0. The van der Waals surface area contributed by atoms with E-state index in [2.05, 4.69) is 16.2 Å². The largest absolute Gasteiger partial charge is 0.444 e. The number of carbonyl (C=O) groups is 4. The fourth-order valence-corrected chi connectivity index (χ4v) is 4.44. The Morgan fingerprint density at radius 1 is 0.974 bits per heavy atom. The second-order valence-corrected chi connectivity index (χ2v) is 10.2. The Labute approximate surface area is 221 Å². The summed E-state index contributed by atoms with van der Waals surface area (Å²) < 4.78 is 5.29. The number of hydroxylamine groups is 2. The van der Waals surface area contributed by atoms with Gasteiger partial charge in [-0.1, -0.05) is 60.7 Å². The minimum Gasteiger partial charge on any atom is -0.444 e. The highest BCUT2D eigenvalue weighted by atomic mass is 16.7. The molecule has 0 aromatic heterocycles. The third kappa shape index (κ3) is 6.60. The highest BCUT2D eigenvalue weighted by Gasteiger charge is 2.48. The number of fused-ring (bicyclic) bond motifs is 2. The van der Waals surface area contributed by atoms with Gasteiger partial charge in [0.05, 0.1) is 6.04 Å². The van der Waals surface area contributed by atoms with E-state index in [9.17, 15) is 19.2 Å². The van der Waals surface area contributed by atoms with E-state index in [1.165, 1.54) is 9.96 Å². The number of nitrogens with one attached hydrogen (secondary N) is 3. The van der Waals surface area contributed by atoms with Crippen LogP contribution < -0.4 is 16.2 Å². The molecule has 2 bridgehead atoms. The summed E-state index contributed by atoms with van der Waals surface area (Å²) in [4.78, 5) is 58.6. The van der Waals surface area contributed by atoms with E-state index in [1.54, 1.807) is 51.1 Å². The molecule has 3 atom stereocenters. The first-order chi connectivity index (χ1) is 18.1. The Morgan fingerprint density at radius 2 is 1.63 bits per heavy atom. The fourth-order valence-electron chi connectivity index (χ4n) is 4.44. The number of carbonyl (C=O) groups excluding carboxylic acids is 4. The van der Waals surface area contributed by atoms with Gasteiger partial charge in [0.25, 0.3) is 11.8 Å². The molecule has 4 rings (SSSR count). The molecular weight excluding hydrogens is 490 g/mol. The summed E-state index contributed by atoms with van der Waals surface area (Å²) in [6, 6.07) is 15.7. The van der Waals surface area contributed by atoms with Gasteiger partial charge in [0, 0.05) is 6.54 Å². The van der Waals surface area contributed by atoms with Crippen LogP contribution in [0.15, 0.2) is 60.7 Å². The Kier molecular flexibility index (Phi) is 8.16. The lowest BCUT2D eigenvalue weighted by Gasteiger charge is -2.29. The van der Waals surface area contributed by atoms with Gasteiger partial charge >= 0.3 is 12.1 Å². The predicted octanol–water partition coefficient (Wildman–Crippen LogP) is 2.80. The van der Waals surface area contributed by atoms with Gasteiger partial charge < -0.3 is 15.0 Å². The zero-order valence-corrected chi connectivity index (χ0v) is 21.7. The summed E-state index contributed by atoms with van der Waals surface area (Å²) in [6.45, 7) is 5.74. The standard InChI is InChI=1S/C27H33N5O6/c1-27(2,3)38-25(35)28-22(19-12-8-5-9-13-19)24(34)30-29-23(33)21-15-14-20-16-31(21)26(36)32(20)37-17-18-10-6-4-7-11-18/h4-13,20-22H,14-17H2,1-3H3,(H,28,35)(H,29,33)(H,30,34)/t20-,21+,22?/m1/s1. The van der Waals surface area contributed by atoms with Gasteiger partial charge in [0.15, 0.2) is 0 Å². The van der Waals surface area contributed by atoms with Gasteiger partial charge in [-0.2, -0.15) is 5.06 Å². The van der Waals surface area contributed by atoms with Crippen molar-refractivity contribution in [1.82, 2.24) is 26.1 Å². The van der Waals surface area contributed by atoms with Gasteiger partial charge in [0.1, 0.15) is 24.3 Å². The minimum absolute atomic E-state index is 0.148. The third-order valence-electron chi connectivity index (χ3n) is 6.20. The first kappa shape index (κ1) is 26.9. The predicted molar refractivity (Wildman–Crippen MR) is 137 cm³/mol. The molecular formula is C27H33N5O6. The van der Waals surface area contributed by atoms with Crippen molar-refractivity contribution < 1.29 is 28.8 Å². The number of hydrazine groups is 1. The number of benzene rings is 2. The molecule has 2 fully saturated rings. The molecule has 5 amide bonds. The molecule has 11 nitrogen and oxygen atoms in total. The Hall–Kier alpha value is -4.12. The molecule has 2 aliphatic heterocycles. The highest BCUT2D eigenvalue weighted by Crippen LogP contribution is 2.30. The molecule has 2 aromatic carbocycles. The Morgan fingerprint density at radius 3 is 2.29 bits per heavy atom.